The molecular formula is C34H34F3N5O3. The van der Waals surface area contributed by atoms with Gasteiger partial charge in [-0.15, -0.1) is 6.42 Å². The van der Waals surface area contributed by atoms with Gasteiger partial charge in [-0.05, 0) is 56.3 Å². The highest BCUT2D eigenvalue weighted by Gasteiger charge is 2.50. The van der Waals surface area contributed by atoms with E-state index in [-0.39, 0.29) is 57.5 Å². The Bertz CT molecular complexity index is 1820. The Balaban J connectivity index is 1.37. The fourth-order valence-electron chi connectivity index (χ4n) is 7.65. The van der Waals surface area contributed by atoms with E-state index in [0.29, 0.717) is 55.9 Å². The number of piperidine rings is 1. The third kappa shape index (κ3) is 5.20. The van der Waals surface area contributed by atoms with Gasteiger partial charge in [-0.2, -0.15) is 9.97 Å². The molecule has 7 rings (SSSR count). The first-order valence-corrected chi connectivity index (χ1v) is 15.4. The van der Waals surface area contributed by atoms with Crippen molar-refractivity contribution in [2.24, 2.45) is 5.41 Å². The van der Waals surface area contributed by atoms with E-state index in [9.17, 15) is 13.9 Å². The number of rotatable bonds is 5. The van der Waals surface area contributed by atoms with Crippen molar-refractivity contribution in [2.75, 3.05) is 51.4 Å². The number of aromatic nitrogens is 3. The van der Waals surface area contributed by atoms with Gasteiger partial charge in [-0.3, -0.25) is 9.88 Å². The zero-order chi connectivity index (χ0) is 31.3. The standard InChI is InChI=1S/C34H34F3N5O3/c1-3-23-26(36)8-7-20-14-22(43)15-24(28(20)23)30-29(37)31-25(17-38-30)32(42-10-5-12-44-13-11-42)40-33(39-31)45-19-34-9-4-6-27(34)41(2)18-21(35)16-34/h1,7-8,14-15,17,21,27,43H,4-6,9-13,16,18-19H2,2H3/t21-,27-,34-/m1/s1. The van der Waals surface area contributed by atoms with Crippen LogP contribution in [0.25, 0.3) is 32.9 Å². The summed E-state index contributed by atoms with van der Waals surface area (Å²) in [5.74, 6) is 1.24. The number of hydrogen-bond donors (Lipinski definition) is 1. The summed E-state index contributed by atoms with van der Waals surface area (Å²) in [4.78, 5) is 17.8. The molecule has 3 aliphatic rings. The Hall–Kier alpha value is -4.14. The maximum atomic E-state index is 16.7. The Kier molecular flexibility index (Phi) is 7.66. The first kappa shape index (κ1) is 29.6. The monoisotopic (exact) mass is 617 g/mol. The lowest BCUT2D eigenvalue weighted by molar-refractivity contribution is -0.0244. The van der Waals surface area contributed by atoms with Crippen LogP contribution in [-0.2, 0) is 4.74 Å². The molecule has 0 bridgehead atoms. The van der Waals surface area contributed by atoms with Gasteiger partial charge in [-0.25, -0.2) is 13.2 Å². The number of fused-ring (bicyclic) bond motifs is 3. The number of halogens is 3. The number of terminal acetylenes is 1. The minimum Gasteiger partial charge on any atom is -0.508 e. The molecule has 1 saturated carbocycles. The summed E-state index contributed by atoms with van der Waals surface area (Å²) in [5, 5.41) is 11.6. The van der Waals surface area contributed by atoms with Gasteiger partial charge in [0.15, 0.2) is 5.82 Å². The van der Waals surface area contributed by atoms with E-state index in [1.54, 1.807) is 0 Å². The van der Waals surface area contributed by atoms with E-state index < -0.39 is 17.8 Å². The van der Waals surface area contributed by atoms with Gasteiger partial charge in [0, 0.05) is 54.8 Å². The Labute approximate surface area is 259 Å². The van der Waals surface area contributed by atoms with Crippen molar-refractivity contribution in [1.82, 2.24) is 19.9 Å². The zero-order valence-electron chi connectivity index (χ0n) is 25.0. The van der Waals surface area contributed by atoms with Gasteiger partial charge in [0.05, 0.1) is 24.2 Å². The van der Waals surface area contributed by atoms with Crippen molar-refractivity contribution >= 4 is 27.5 Å². The molecule has 1 N–H and O–H groups in total. The van der Waals surface area contributed by atoms with Crippen molar-refractivity contribution in [1.29, 1.82) is 0 Å². The Morgan fingerprint density at radius 2 is 2.04 bits per heavy atom. The summed E-state index contributed by atoms with van der Waals surface area (Å²) in [7, 11) is 1.95. The van der Waals surface area contributed by atoms with Crippen molar-refractivity contribution in [3.8, 4) is 35.4 Å². The summed E-state index contributed by atoms with van der Waals surface area (Å²) in [5.41, 5.74) is -0.502. The molecule has 3 fully saturated rings. The Morgan fingerprint density at radius 3 is 2.89 bits per heavy atom. The first-order chi connectivity index (χ1) is 21.8. The van der Waals surface area contributed by atoms with Gasteiger partial charge in [-0.1, -0.05) is 18.4 Å². The van der Waals surface area contributed by atoms with Crippen LogP contribution in [-0.4, -0.2) is 83.7 Å². The van der Waals surface area contributed by atoms with Crippen LogP contribution in [0.5, 0.6) is 11.8 Å². The highest BCUT2D eigenvalue weighted by Crippen LogP contribution is 2.48. The average molecular weight is 618 g/mol. The largest absolute Gasteiger partial charge is 0.508 e. The zero-order valence-corrected chi connectivity index (χ0v) is 25.0. The molecule has 2 aromatic carbocycles. The smallest absolute Gasteiger partial charge is 0.319 e. The third-order valence-corrected chi connectivity index (χ3v) is 9.61. The number of pyridine rings is 1. The minimum absolute atomic E-state index is 0.0153. The second kappa shape index (κ2) is 11.7. The third-order valence-electron chi connectivity index (χ3n) is 9.61. The number of likely N-dealkylation sites (tertiary alicyclic amines) is 1. The molecule has 0 radical (unpaired) electrons. The van der Waals surface area contributed by atoms with Crippen molar-refractivity contribution in [3.05, 3.63) is 47.7 Å². The molecule has 11 heteroatoms. The maximum Gasteiger partial charge on any atom is 0.319 e. The summed E-state index contributed by atoms with van der Waals surface area (Å²) >= 11 is 0. The molecule has 0 spiro atoms. The average Bonchev–Trinajstić information content (AvgIpc) is 3.26. The molecule has 1 aliphatic carbocycles. The van der Waals surface area contributed by atoms with Gasteiger partial charge < -0.3 is 19.5 Å². The number of alkyl halides is 1. The van der Waals surface area contributed by atoms with E-state index in [4.69, 9.17) is 20.9 Å². The summed E-state index contributed by atoms with van der Waals surface area (Å²) in [6.45, 7) is 2.82. The topological polar surface area (TPSA) is 83.8 Å². The second-order valence-corrected chi connectivity index (χ2v) is 12.4. The maximum absolute atomic E-state index is 16.7. The molecule has 4 aromatic rings. The normalized spacial score (nSPS) is 24.0. The summed E-state index contributed by atoms with van der Waals surface area (Å²) in [6, 6.07) is 5.61. The molecule has 2 aliphatic heterocycles. The number of phenols is 1. The van der Waals surface area contributed by atoms with Crippen LogP contribution in [0.1, 0.15) is 37.7 Å². The van der Waals surface area contributed by atoms with E-state index in [1.807, 2.05) is 11.9 Å². The van der Waals surface area contributed by atoms with Crippen LogP contribution >= 0.6 is 0 Å². The number of nitrogens with zero attached hydrogens (tertiary/aromatic N) is 5. The van der Waals surface area contributed by atoms with Crippen LogP contribution < -0.4 is 9.64 Å². The number of anilines is 1. The lowest BCUT2D eigenvalue weighted by atomic mass is 9.75. The van der Waals surface area contributed by atoms with Crippen LogP contribution in [0.2, 0.25) is 0 Å². The van der Waals surface area contributed by atoms with Crippen LogP contribution in [0, 0.1) is 29.4 Å². The summed E-state index contributed by atoms with van der Waals surface area (Å²) in [6.07, 6.45) is 10.1. The van der Waals surface area contributed by atoms with E-state index in [1.165, 1.54) is 30.5 Å². The fourth-order valence-corrected chi connectivity index (χ4v) is 7.65. The van der Waals surface area contributed by atoms with Gasteiger partial charge in [0.1, 0.15) is 34.8 Å². The molecule has 2 saturated heterocycles. The van der Waals surface area contributed by atoms with Gasteiger partial charge >= 0.3 is 6.01 Å². The highest BCUT2D eigenvalue weighted by molar-refractivity contribution is 6.03. The Morgan fingerprint density at radius 1 is 1.18 bits per heavy atom. The molecule has 234 valence electrons. The fraction of sp³-hybridized carbons (Fsp3) is 0.441. The molecular weight excluding hydrogens is 583 g/mol. The molecule has 8 nitrogen and oxygen atoms in total. The molecule has 4 heterocycles. The lowest BCUT2D eigenvalue weighted by Gasteiger charge is -2.45. The number of ether oxygens (including phenoxy) is 2. The number of hydrogen-bond acceptors (Lipinski definition) is 8. The molecule has 45 heavy (non-hydrogen) atoms. The van der Waals surface area contributed by atoms with Crippen molar-refractivity contribution in [2.45, 2.75) is 44.3 Å². The van der Waals surface area contributed by atoms with Crippen LogP contribution in [0.15, 0.2) is 30.5 Å². The molecule has 3 atom stereocenters. The molecule has 0 unspecified atom stereocenters. The molecule has 2 aromatic heterocycles. The SMILES string of the molecule is C#Cc1c(F)ccc2cc(O)cc(-c3ncc4c(N5CCCOCC5)nc(OC[C@]56CCC[C@H]5N(C)C[C@H](F)C6)nc4c3F)c12. The van der Waals surface area contributed by atoms with E-state index in [2.05, 4.69) is 20.8 Å². The molecule has 0 amide bonds. The quantitative estimate of drug-likeness (QED) is 0.289. The summed E-state index contributed by atoms with van der Waals surface area (Å²) < 4.78 is 58.3. The van der Waals surface area contributed by atoms with Gasteiger partial charge in [0.2, 0.25) is 0 Å². The predicted octanol–water partition coefficient (Wildman–Crippen LogP) is 5.63. The van der Waals surface area contributed by atoms with Crippen molar-refractivity contribution < 1.29 is 27.8 Å². The van der Waals surface area contributed by atoms with Crippen LogP contribution in [0.4, 0.5) is 19.0 Å². The van der Waals surface area contributed by atoms with E-state index >= 15 is 4.39 Å². The van der Waals surface area contributed by atoms with Crippen molar-refractivity contribution in [3.63, 3.8) is 0 Å². The highest BCUT2D eigenvalue weighted by atomic mass is 19.1. The number of aromatic hydroxyl groups is 1. The van der Waals surface area contributed by atoms with Crippen LogP contribution in [0.3, 0.4) is 0 Å². The first-order valence-electron chi connectivity index (χ1n) is 15.4. The van der Waals surface area contributed by atoms with Gasteiger partial charge in [0.25, 0.3) is 0 Å². The minimum atomic E-state index is -0.959. The van der Waals surface area contributed by atoms with E-state index in [0.717, 1.165) is 25.7 Å². The second-order valence-electron chi connectivity index (χ2n) is 12.4. The predicted molar refractivity (Wildman–Crippen MR) is 165 cm³/mol. The lowest BCUT2D eigenvalue weighted by Crippen LogP contribution is -2.54. The number of phenolic OH excluding ortho intramolecular Hbond substituents is 1. The number of benzene rings is 2.